The lowest BCUT2D eigenvalue weighted by molar-refractivity contribution is -0.153. The van der Waals surface area contributed by atoms with Crippen LogP contribution in [0.2, 0.25) is 0 Å². The maximum Gasteiger partial charge on any atom is 0.329 e. The first-order valence-electron chi connectivity index (χ1n) is 9.50. The number of benzene rings is 1. The summed E-state index contributed by atoms with van der Waals surface area (Å²) in [6.45, 7) is 2.51. The first-order chi connectivity index (χ1) is 13.4. The van der Waals surface area contributed by atoms with Crippen molar-refractivity contribution in [2.75, 3.05) is 18.9 Å². The van der Waals surface area contributed by atoms with E-state index in [0.29, 0.717) is 42.7 Å². The Labute approximate surface area is 167 Å². The molecule has 3 aliphatic heterocycles. The van der Waals surface area contributed by atoms with Gasteiger partial charge in [0.1, 0.15) is 6.04 Å². The van der Waals surface area contributed by atoms with Crippen LogP contribution >= 0.6 is 11.8 Å². The molecule has 0 bridgehead atoms. The van der Waals surface area contributed by atoms with E-state index in [4.69, 9.17) is 4.74 Å². The highest BCUT2D eigenvalue weighted by Crippen LogP contribution is 2.47. The topological polar surface area (TPSA) is 84.0 Å². The first kappa shape index (κ1) is 19.0. The highest BCUT2D eigenvalue weighted by atomic mass is 32.2. The van der Waals surface area contributed by atoms with Crippen LogP contribution in [0.25, 0.3) is 0 Å². The fourth-order valence-corrected chi connectivity index (χ4v) is 5.49. The molecule has 7 nitrogen and oxygen atoms in total. The van der Waals surface area contributed by atoms with E-state index < -0.39 is 6.04 Å². The minimum absolute atomic E-state index is 0.0140. The number of rotatable bonds is 6. The summed E-state index contributed by atoms with van der Waals surface area (Å²) in [6, 6.07) is 6.28. The molecule has 2 fully saturated rings. The Kier molecular flexibility index (Phi) is 4.91. The van der Waals surface area contributed by atoms with Crippen LogP contribution in [0.15, 0.2) is 24.3 Å². The van der Waals surface area contributed by atoms with Crippen LogP contribution in [0.4, 0.5) is 0 Å². The monoisotopic (exact) mass is 402 g/mol. The molecule has 148 valence electrons. The Morgan fingerprint density at radius 3 is 2.54 bits per heavy atom. The second-order valence-electron chi connectivity index (χ2n) is 7.45. The lowest BCUT2D eigenvalue weighted by Crippen LogP contribution is -2.46. The number of carbonyl (C=O) groups excluding carboxylic acids is 4. The normalized spacial score (nSPS) is 26.0. The molecule has 4 rings (SSSR count). The zero-order valence-corrected chi connectivity index (χ0v) is 16.5. The van der Waals surface area contributed by atoms with E-state index in [1.807, 2.05) is 6.92 Å². The molecule has 3 heterocycles. The molecule has 8 heteroatoms. The molecule has 0 spiro atoms. The van der Waals surface area contributed by atoms with E-state index >= 15 is 0 Å². The number of hydrogen-bond acceptors (Lipinski definition) is 6. The summed E-state index contributed by atoms with van der Waals surface area (Å²) in [5, 5.41) is 0. The van der Waals surface area contributed by atoms with Crippen LogP contribution in [0, 0.1) is 0 Å². The Morgan fingerprint density at radius 1 is 1.18 bits per heavy atom. The molecule has 3 aliphatic rings. The summed E-state index contributed by atoms with van der Waals surface area (Å²) in [7, 11) is 0. The average Bonchev–Trinajstić information content (AvgIpc) is 3.27. The van der Waals surface area contributed by atoms with Crippen molar-refractivity contribution in [1.29, 1.82) is 0 Å². The average molecular weight is 402 g/mol. The van der Waals surface area contributed by atoms with E-state index in [9.17, 15) is 19.2 Å². The number of imide groups is 1. The van der Waals surface area contributed by atoms with Gasteiger partial charge in [-0.15, -0.1) is 11.8 Å². The smallest absolute Gasteiger partial charge is 0.329 e. The SMILES string of the molecule is CC12CCC(=O)N1C(C(=O)OCCCCN1C(=O)c3ccccc3C1=O)CS2. The van der Waals surface area contributed by atoms with Gasteiger partial charge in [-0.3, -0.25) is 19.3 Å². The summed E-state index contributed by atoms with van der Waals surface area (Å²) >= 11 is 1.63. The number of esters is 1. The number of carbonyl (C=O) groups is 4. The van der Waals surface area contributed by atoms with Crippen molar-refractivity contribution in [3.63, 3.8) is 0 Å². The Hall–Kier alpha value is -2.35. The van der Waals surface area contributed by atoms with Crippen molar-refractivity contribution in [2.24, 2.45) is 0 Å². The number of ether oxygens (including phenoxy) is 1. The van der Waals surface area contributed by atoms with Gasteiger partial charge in [0.25, 0.3) is 11.8 Å². The molecule has 28 heavy (non-hydrogen) atoms. The quantitative estimate of drug-likeness (QED) is 0.411. The Bertz CT molecular complexity index is 822. The molecule has 2 atom stereocenters. The van der Waals surface area contributed by atoms with Gasteiger partial charge in [0, 0.05) is 18.7 Å². The van der Waals surface area contributed by atoms with Crippen molar-refractivity contribution < 1.29 is 23.9 Å². The van der Waals surface area contributed by atoms with E-state index in [2.05, 4.69) is 0 Å². The van der Waals surface area contributed by atoms with Gasteiger partial charge >= 0.3 is 5.97 Å². The molecular weight excluding hydrogens is 380 g/mol. The standard InChI is InChI=1S/C20H22N2O5S/c1-20-9-8-16(23)22(20)15(12-28-20)19(26)27-11-5-4-10-21-17(24)13-6-2-3-7-14(13)18(21)25/h2-3,6-7,15H,4-5,8-12H2,1H3. The summed E-state index contributed by atoms with van der Waals surface area (Å²) in [4.78, 5) is 51.7. The van der Waals surface area contributed by atoms with Gasteiger partial charge in [-0.05, 0) is 38.3 Å². The van der Waals surface area contributed by atoms with Crippen molar-refractivity contribution in [3.05, 3.63) is 35.4 Å². The van der Waals surface area contributed by atoms with Crippen molar-refractivity contribution in [2.45, 2.75) is 43.5 Å². The van der Waals surface area contributed by atoms with E-state index in [1.165, 1.54) is 4.90 Å². The summed E-state index contributed by atoms with van der Waals surface area (Å²) < 4.78 is 5.37. The van der Waals surface area contributed by atoms with Crippen LogP contribution in [-0.2, 0) is 14.3 Å². The van der Waals surface area contributed by atoms with Crippen LogP contribution in [0.1, 0.15) is 53.3 Å². The zero-order chi connectivity index (χ0) is 19.9. The molecule has 2 unspecified atom stereocenters. The van der Waals surface area contributed by atoms with Crippen molar-refractivity contribution >= 4 is 35.5 Å². The molecule has 3 amide bonds. The van der Waals surface area contributed by atoms with Gasteiger partial charge in [0.2, 0.25) is 5.91 Å². The number of hydrogen-bond donors (Lipinski definition) is 0. The molecule has 0 radical (unpaired) electrons. The van der Waals surface area contributed by atoms with Crippen LogP contribution in [0.3, 0.4) is 0 Å². The highest BCUT2D eigenvalue weighted by molar-refractivity contribution is 8.01. The summed E-state index contributed by atoms with van der Waals surface area (Å²) in [6.07, 6.45) is 2.34. The third-order valence-corrected chi connectivity index (χ3v) is 7.12. The third-order valence-electron chi connectivity index (χ3n) is 5.62. The Morgan fingerprint density at radius 2 is 1.86 bits per heavy atom. The van der Waals surface area contributed by atoms with Gasteiger partial charge < -0.3 is 9.64 Å². The van der Waals surface area contributed by atoms with Gasteiger partial charge in [-0.25, -0.2) is 4.79 Å². The van der Waals surface area contributed by atoms with E-state index in [1.54, 1.807) is 40.9 Å². The summed E-state index contributed by atoms with van der Waals surface area (Å²) in [5.74, 6) is -0.331. The number of unbranched alkanes of at least 4 members (excludes halogenated alkanes) is 1. The largest absolute Gasteiger partial charge is 0.464 e. The number of nitrogens with zero attached hydrogens (tertiary/aromatic N) is 2. The van der Waals surface area contributed by atoms with Crippen LogP contribution in [-0.4, -0.2) is 63.3 Å². The fourth-order valence-electron chi connectivity index (χ4n) is 4.08. The number of thioether (sulfide) groups is 1. The van der Waals surface area contributed by atoms with Crippen LogP contribution in [0.5, 0.6) is 0 Å². The maximum atomic E-state index is 12.4. The van der Waals surface area contributed by atoms with E-state index in [-0.39, 0.29) is 35.2 Å². The molecule has 2 saturated heterocycles. The molecule has 0 N–H and O–H groups in total. The third kappa shape index (κ3) is 3.09. The summed E-state index contributed by atoms with van der Waals surface area (Å²) in [5.41, 5.74) is 0.881. The maximum absolute atomic E-state index is 12.4. The molecule has 0 aromatic heterocycles. The fraction of sp³-hybridized carbons (Fsp3) is 0.500. The molecule has 1 aromatic rings. The molecular formula is C20H22N2O5S. The van der Waals surface area contributed by atoms with Crippen LogP contribution < -0.4 is 0 Å². The van der Waals surface area contributed by atoms with Gasteiger partial charge in [-0.2, -0.15) is 0 Å². The van der Waals surface area contributed by atoms with Gasteiger partial charge in [-0.1, -0.05) is 12.1 Å². The second kappa shape index (κ2) is 7.24. The minimum atomic E-state index is -0.513. The predicted molar refractivity (Wildman–Crippen MR) is 103 cm³/mol. The lowest BCUT2D eigenvalue weighted by atomic mass is 10.1. The molecule has 0 aliphatic carbocycles. The van der Waals surface area contributed by atoms with E-state index in [0.717, 1.165) is 6.42 Å². The minimum Gasteiger partial charge on any atom is -0.464 e. The highest BCUT2D eigenvalue weighted by Gasteiger charge is 2.53. The Balaban J connectivity index is 1.23. The second-order valence-corrected chi connectivity index (χ2v) is 8.95. The predicted octanol–water partition coefficient (Wildman–Crippen LogP) is 2.06. The zero-order valence-electron chi connectivity index (χ0n) is 15.7. The number of amides is 3. The number of fused-ring (bicyclic) bond motifs is 2. The van der Waals surface area contributed by atoms with Gasteiger partial charge in [0.05, 0.1) is 22.6 Å². The van der Waals surface area contributed by atoms with Crippen molar-refractivity contribution in [1.82, 2.24) is 9.80 Å². The lowest BCUT2D eigenvalue weighted by Gasteiger charge is -2.29. The van der Waals surface area contributed by atoms with Crippen molar-refractivity contribution in [3.8, 4) is 0 Å². The van der Waals surface area contributed by atoms with Gasteiger partial charge in [0.15, 0.2) is 0 Å². The first-order valence-corrected chi connectivity index (χ1v) is 10.5. The molecule has 0 saturated carbocycles. The molecule has 1 aromatic carbocycles.